The van der Waals surface area contributed by atoms with E-state index in [1.54, 1.807) is 13.2 Å². The monoisotopic (exact) mass is 252 g/mol. The van der Waals surface area contributed by atoms with Gasteiger partial charge in [0, 0.05) is 20.2 Å². The standard InChI is InChI=1S/C10H12BFN3OS/c1-15(6-13-11-16-2)10-14-8-5-7(12)3-4-9(8)17-10/h3-5,13H,6H2,1-2H3. The zero-order valence-corrected chi connectivity index (χ0v) is 10.4. The van der Waals surface area contributed by atoms with Gasteiger partial charge in [0.05, 0.1) is 16.9 Å². The van der Waals surface area contributed by atoms with Crippen LogP contribution in [-0.4, -0.2) is 33.4 Å². The van der Waals surface area contributed by atoms with Crippen LogP contribution in [0, 0.1) is 5.82 Å². The Morgan fingerprint density at radius 1 is 1.59 bits per heavy atom. The Kier molecular flexibility index (Phi) is 3.93. The summed E-state index contributed by atoms with van der Waals surface area (Å²) in [7, 11) is 4.99. The highest BCUT2D eigenvalue weighted by Crippen LogP contribution is 2.28. The van der Waals surface area contributed by atoms with Gasteiger partial charge in [-0.3, -0.25) is 0 Å². The van der Waals surface area contributed by atoms with Crippen LogP contribution in [-0.2, 0) is 4.65 Å². The SMILES string of the molecule is CO[B]NCN(C)c1nc2cc(F)ccc2s1. The summed E-state index contributed by atoms with van der Waals surface area (Å²) in [4.78, 5) is 6.29. The van der Waals surface area contributed by atoms with E-state index in [1.165, 1.54) is 31.1 Å². The zero-order valence-electron chi connectivity index (χ0n) is 9.61. The predicted molar refractivity (Wildman–Crippen MR) is 68.7 cm³/mol. The summed E-state index contributed by atoms with van der Waals surface area (Å²) in [6.45, 7) is 0.580. The third-order valence-electron chi connectivity index (χ3n) is 2.19. The molecule has 0 atom stereocenters. The molecule has 0 bridgehead atoms. The van der Waals surface area contributed by atoms with Crippen molar-refractivity contribution < 1.29 is 9.04 Å². The first kappa shape index (κ1) is 12.3. The molecule has 4 nitrogen and oxygen atoms in total. The smallest absolute Gasteiger partial charge is 0.397 e. The predicted octanol–water partition coefficient (Wildman–Crippen LogP) is 1.60. The summed E-state index contributed by atoms with van der Waals surface area (Å²) < 4.78 is 18.8. The first-order valence-electron chi connectivity index (χ1n) is 5.06. The number of nitrogens with one attached hydrogen (secondary N) is 1. The molecule has 1 N–H and O–H groups in total. The number of rotatable bonds is 5. The van der Waals surface area contributed by atoms with E-state index in [0.717, 1.165) is 9.83 Å². The van der Waals surface area contributed by atoms with Crippen LogP contribution < -0.4 is 10.1 Å². The van der Waals surface area contributed by atoms with Crippen LogP contribution in [0.2, 0.25) is 0 Å². The Labute approximate surface area is 104 Å². The molecule has 0 saturated heterocycles. The van der Waals surface area contributed by atoms with E-state index in [1.807, 2.05) is 11.9 Å². The van der Waals surface area contributed by atoms with Crippen molar-refractivity contribution >= 4 is 34.3 Å². The normalized spacial score (nSPS) is 10.8. The fourth-order valence-electron chi connectivity index (χ4n) is 1.38. The lowest BCUT2D eigenvalue weighted by Gasteiger charge is -2.15. The number of hydrogen-bond acceptors (Lipinski definition) is 5. The van der Waals surface area contributed by atoms with Crippen LogP contribution in [0.25, 0.3) is 10.2 Å². The molecule has 1 heterocycles. The summed E-state index contributed by atoms with van der Waals surface area (Å²) >= 11 is 1.53. The van der Waals surface area contributed by atoms with Crippen molar-refractivity contribution in [2.45, 2.75) is 0 Å². The number of aromatic nitrogens is 1. The van der Waals surface area contributed by atoms with E-state index in [2.05, 4.69) is 10.2 Å². The van der Waals surface area contributed by atoms with Crippen molar-refractivity contribution in [1.29, 1.82) is 0 Å². The molecule has 17 heavy (non-hydrogen) atoms. The summed E-state index contributed by atoms with van der Waals surface area (Å²) in [5.41, 5.74) is 0.688. The van der Waals surface area contributed by atoms with E-state index in [0.29, 0.717) is 12.2 Å². The summed E-state index contributed by atoms with van der Waals surface area (Å²) in [5.74, 6) is -0.261. The third-order valence-corrected chi connectivity index (χ3v) is 3.35. The number of anilines is 1. The molecule has 0 amide bonds. The van der Waals surface area contributed by atoms with E-state index in [4.69, 9.17) is 4.65 Å². The topological polar surface area (TPSA) is 37.4 Å². The lowest BCUT2D eigenvalue weighted by Crippen LogP contribution is -2.34. The van der Waals surface area contributed by atoms with Gasteiger partial charge < -0.3 is 14.8 Å². The number of fused-ring (bicyclic) bond motifs is 1. The Morgan fingerprint density at radius 2 is 2.41 bits per heavy atom. The fourth-order valence-corrected chi connectivity index (χ4v) is 2.28. The molecule has 0 saturated carbocycles. The molecule has 0 aliphatic heterocycles. The molecule has 0 aliphatic carbocycles. The van der Waals surface area contributed by atoms with Crippen LogP contribution in [0.3, 0.4) is 0 Å². The lowest BCUT2D eigenvalue weighted by atomic mass is 10.3. The summed E-state index contributed by atoms with van der Waals surface area (Å²) in [5, 5.41) is 3.80. The quantitative estimate of drug-likeness (QED) is 0.498. The molecule has 1 aromatic carbocycles. The van der Waals surface area contributed by atoms with Crippen LogP contribution in [0.15, 0.2) is 18.2 Å². The van der Waals surface area contributed by atoms with Crippen LogP contribution in [0.1, 0.15) is 0 Å². The second-order valence-electron chi connectivity index (χ2n) is 3.52. The van der Waals surface area contributed by atoms with Crippen molar-refractivity contribution in [2.75, 3.05) is 25.7 Å². The van der Waals surface area contributed by atoms with E-state index >= 15 is 0 Å². The second-order valence-corrected chi connectivity index (χ2v) is 4.53. The van der Waals surface area contributed by atoms with Gasteiger partial charge in [0.1, 0.15) is 5.82 Å². The molecule has 1 aromatic heterocycles. The highest BCUT2D eigenvalue weighted by Gasteiger charge is 2.08. The highest BCUT2D eigenvalue weighted by atomic mass is 32.1. The largest absolute Gasteiger partial charge is 0.427 e. The molecule has 0 fully saturated rings. The molecule has 7 heteroatoms. The van der Waals surface area contributed by atoms with E-state index in [-0.39, 0.29) is 5.82 Å². The Balaban J connectivity index is 2.12. The molecule has 0 unspecified atom stereocenters. The Hall–Kier alpha value is -1.18. The van der Waals surface area contributed by atoms with E-state index in [9.17, 15) is 4.39 Å². The van der Waals surface area contributed by atoms with Crippen molar-refractivity contribution in [3.05, 3.63) is 24.0 Å². The summed E-state index contributed by atoms with van der Waals surface area (Å²) in [6, 6.07) is 4.63. The summed E-state index contributed by atoms with van der Waals surface area (Å²) in [6.07, 6.45) is 0. The fraction of sp³-hybridized carbons (Fsp3) is 0.300. The molecule has 0 aliphatic rings. The second kappa shape index (κ2) is 5.44. The average molecular weight is 252 g/mol. The first-order chi connectivity index (χ1) is 8.20. The first-order valence-corrected chi connectivity index (χ1v) is 5.87. The molecular formula is C10H12BFN3OS. The maximum Gasteiger partial charge on any atom is 0.397 e. The van der Waals surface area contributed by atoms with Crippen molar-refractivity contribution in [2.24, 2.45) is 0 Å². The minimum Gasteiger partial charge on any atom is -0.427 e. The van der Waals surface area contributed by atoms with Gasteiger partial charge in [0.2, 0.25) is 0 Å². The minimum atomic E-state index is -0.261. The highest BCUT2D eigenvalue weighted by molar-refractivity contribution is 7.22. The van der Waals surface area contributed by atoms with Gasteiger partial charge in [-0.15, -0.1) is 0 Å². The van der Waals surface area contributed by atoms with Gasteiger partial charge in [-0.25, -0.2) is 9.37 Å². The lowest BCUT2D eigenvalue weighted by molar-refractivity contribution is 0.431. The third kappa shape index (κ3) is 2.93. The van der Waals surface area contributed by atoms with Gasteiger partial charge >= 0.3 is 7.62 Å². The molecular weight excluding hydrogens is 240 g/mol. The number of halogens is 1. The molecule has 2 aromatic rings. The zero-order chi connectivity index (χ0) is 12.3. The average Bonchev–Trinajstić information content (AvgIpc) is 2.72. The maximum atomic E-state index is 13.0. The molecule has 0 spiro atoms. The van der Waals surface area contributed by atoms with E-state index < -0.39 is 0 Å². The number of nitrogens with zero attached hydrogens (tertiary/aromatic N) is 2. The Bertz CT molecular complexity index is 507. The van der Waals surface area contributed by atoms with Crippen LogP contribution >= 0.6 is 11.3 Å². The van der Waals surface area contributed by atoms with Crippen molar-refractivity contribution in [1.82, 2.24) is 10.2 Å². The number of hydrogen-bond donors (Lipinski definition) is 1. The number of thiazole rings is 1. The van der Waals surface area contributed by atoms with Gasteiger partial charge in [0.15, 0.2) is 5.13 Å². The maximum absolute atomic E-state index is 13.0. The molecule has 1 radical (unpaired) electrons. The van der Waals surface area contributed by atoms with Crippen LogP contribution in [0.5, 0.6) is 0 Å². The van der Waals surface area contributed by atoms with Gasteiger partial charge in [-0.05, 0) is 12.1 Å². The Morgan fingerprint density at radius 3 is 3.18 bits per heavy atom. The minimum absolute atomic E-state index is 0.261. The van der Waals surface area contributed by atoms with Gasteiger partial charge in [-0.1, -0.05) is 11.3 Å². The van der Waals surface area contributed by atoms with Crippen LogP contribution in [0.4, 0.5) is 9.52 Å². The number of benzene rings is 1. The van der Waals surface area contributed by atoms with Crippen molar-refractivity contribution in [3.63, 3.8) is 0 Å². The van der Waals surface area contributed by atoms with Gasteiger partial charge in [-0.2, -0.15) is 0 Å². The van der Waals surface area contributed by atoms with Gasteiger partial charge in [0.25, 0.3) is 0 Å². The molecule has 89 valence electrons. The molecule has 2 rings (SSSR count). The van der Waals surface area contributed by atoms with Crippen molar-refractivity contribution in [3.8, 4) is 0 Å².